The first kappa shape index (κ1) is 15.4. The molecule has 20 heavy (non-hydrogen) atoms. The van der Waals surface area contributed by atoms with Gasteiger partial charge in [-0.05, 0) is 56.5 Å². The monoisotopic (exact) mass is 422 g/mol. The van der Waals surface area contributed by atoms with Gasteiger partial charge in [0, 0.05) is 11.4 Å². The van der Waals surface area contributed by atoms with Gasteiger partial charge in [0.05, 0.1) is 19.2 Å². The van der Waals surface area contributed by atoms with Gasteiger partial charge in [-0.3, -0.25) is 10.1 Å². The van der Waals surface area contributed by atoms with Crippen LogP contribution in [0.1, 0.15) is 4.88 Å². The molecule has 0 saturated carbocycles. The molecule has 0 amide bonds. The number of hydrogen-bond acceptors (Lipinski definition) is 4. The third-order valence-electron chi connectivity index (χ3n) is 2.55. The Morgan fingerprint density at radius 1 is 1.35 bits per heavy atom. The smallest absolute Gasteiger partial charge is 0.295 e. The highest BCUT2D eigenvalue weighted by Gasteiger charge is 2.17. The lowest BCUT2D eigenvalue weighted by Crippen LogP contribution is -2.06. The minimum Gasteiger partial charge on any atom is -0.379 e. The van der Waals surface area contributed by atoms with E-state index in [9.17, 15) is 14.5 Å². The summed E-state index contributed by atoms with van der Waals surface area (Å²) in [5.74, 6) is -0.649. The molecule has 0 radical (unpaired) electrons. The van der Waals surface area contributed by atoms with Crippen LogP contribution in [-0.2, 0) is 6.42 Å². The van der Waals surface area contributed by atoms with Crippen LogP contribution in [0.5, 0.6) is 0 Å². The number of benzene rings is 1. The average Bonchev–Trinajstić information content (AvgIpc) is 2.79. The van der Waals surface area contributed by atoms with Crippen LogP contribution in [0.3, 0.4) is 0 Å². The number of thiophene rings is 1. The number of anilines is 1. The van der Waals surface area contributed by atoms with Gasteiger partial charge in [0.1, 0.15) is 11.5 Å². The predicted octanol–water partition coefficient (Wildman–Crippen LogP) is 4.98. The summed E-state index contributed by atoms with van der Waals surface area (Å²) < 4.78 is 14.6. The molecule has 0 aliphatic rings. The van der Waals surface area contributed by atoms with E-state index < -0.39 is 10.7 Å². The van der Waals surface area contributed by atoms with E-state index in [1.807, 2.05) is 12.1 Å². The highest BCUT2D eigenvalue weighted by Crippen LogP contribution is 2.30. The number of nitro benzene ring substituents is 1. The molecular formula is C12H9Br2FN2O2S. The molecule has 2 aromatic rings. The Morgan fingerprint density at radius 3 is 2.70 bits per heavy atom. The topological polar surface area (TPSA) is 55.2 Å². The standard InChI is InChI=1S/C12H9Br2FN2O2S/c13-8-5-10(11(17(18)19)6-9(8)15)16-4-3-7-1-2-12(14)20-7/h1-2,5-6,16H,3-4H2. The first-order valence-electron chi connectivity index (χ1n) is 5.59. The van der Waals surface area contributed by atoms with Crippen LogP contribution in [0.15, 0.2) is 32.5 Å². The minimum absolute atomic E-state index is 0.199. The summed E-state index contributed by atoms with van der Waals surface area (Å²) in [6.07, 6.45) is 0.739. The molecule has 1 aromatic carbocycles. The summed E-state index contributed by atoms with van der Waals surface area (Å²) in [6, 6.07) is 6.24. The van der Waals surface area contributed by atoms with Crippen molar-refractivity contribution in [2.75, 3.05) is 11.9 Å². The molecule has 106 valence electrons. The van der Waals surface area contributed by atoms with E-state index in [2.05, 4.69) is 37.2 Å². The second kappa shape index (κ2) is 6.64. The third kappa shape index (κ3) is 3.77. The molecule has 0 aliphatic carbocycles. The molecule has 0 aliphatic heterocycles. The largest absolute Gasteiger partial charge is 0.379 e. The van der Waals surface area contributed by atoms with E-state index >= 15 is 0 Å². The van der Waals surface area contributed by atoms with Crippen molar-refractivity contribution >= 4 is 54.6 Å². The Balaban J connectivity index is 2.08. The lowest BCUT2D eigenvalue weighted by molar-refractivity contribution is -0.384. The summed E-state index contributed by atoms with van der Waals surface area (Å²) in [6.45, 7) is 0.534. The molecule has 0 saturated heterocycles. The zero-order valence-electron chi connectivity index (χ0n) is 10.0. The molecule has 0 spiro atoms. The van der Waals surface area contributed by atoms with Crippen molar-refractivity contribution in [3.63, 3.8) is 0 Å². The van der Waals surface area contributed by atoms with Crippen LogP contribution in [0.25, 0.3) is 0 Å². The van der Waals surface area contributed by atoms with E-state index in [0.29, 0.717) is 12.2 Å². The molecule has 4 nitrogen and oxygen atoms in total. The second-order valence-electron chi connectivity index (χ2n) is 3.92. The Morgan fingerprint density at radius 2 is 2.10 bits per heavy atom. The summed E-state index contributed by atoms with van der Waals surface area (Å²) in [5.41, 5.74) is 0.0388. The van der Waals surface area contributed by atoms with Gasteiger partial charge < -0.3 is 5.32 Å². The molecule has 1 N–H and O–H groups in total. The van der Waals surface area contributed by atoms with Crippen molar-refractivity contribution in [3.05, 3.63) is 53.3 Å². The quantitative estimate of drug-likeness (QED) is 0.545. The van der Waals surface area contributed by atoms with Crippen molar-refractivity contribution in [1.82, 2.24) is 0 Å². The molecule has 0 atom stereocenters. The number of nitro groups is 1. The summed E-state index contributed by atoms with van der Waals surface area (Å²) >= 11 is 8.02. The highest BCUT2D eigenvalue weighted by molar-refractivity contribution is 9.11. The van der Waals surface area contributed by atoms with Crippen molar-refractivity contribution in [2.45, 2.75) is 6.42 Å². The van der Waals surface area contributed by atoms with Gasteiger partial charge >= 0.3 is 0 Å². The molecule has 0 fully saturated rings. The second-order valence-corrected chi connectivity index (χ2v) is 7.33. The highest BCUT2D eigenvalue weighted by atomic mass is 79.9. The fourth-order valence-electron chi connectivity index (χ4n) is 1.64. The van der Waals surface area contributed by atoms with Gasteiger partial charge in [-0.25, -0.2) is 4.39 Å². The van der Waals surface area contributed by atoms with Crippen LogP contribution in [-0.4, -0.2) is 11.5 Å². The Hall–Kier alpha value is -0.990. The van der Waals surface area contributed by atoms with Crippen molar-refractivity contribution in [2.24, 2.45) is 0 Å². The zero-order chi connectivity index (χ0) is 14.7. The van der Waals surface area contributed by atoms with Crippen LogP contribution in [0.2, 0.25) is 0 Å². The maximum absolute atomic E-state index is 13.3. The lowest BCUT2D eigenvalue weighted by atomic mass is 10.2. The van der Waals surface area contributed by atoms with Crippen LogP contribution < -0.4 is 5.32 Å². The molecular weight excluding hydrogens is 415 g/mol. The first-order chi connectivity index (χ1) is 9.47. The third-order valence-corrected chi connectivity index (χ3v) is 4.84. The van der Waals surface area contributed by atoms with Crippen LogP contribution in [0.4, 0.5) is 15.8 Å². The summed E-state index contributed by atoms with van der Waals surface area (Å²) in [4.78, 5) is 11.5. The van der Waals surface area contributed by atoms with E-state index in [4.69, 9.17) is 0 Å². The molecule has 2 rings (SSSR count). The van der Waals surface area contributed by atoms with Crippen LogP contribution >= 0.6 is 43.2 Å². The maximum Gasteiger partial charge on any atom is 0.295 e. The van der Waals surface area contributed by atoms with Gasteiger partial charge in [-0.15, -0.1) is 11.3 Å². The van der Waals surface area contributed by atoms with Gasteiger partial charge in [0.15, 0.2) is 0 Å². The molecule has 0 unspecified atom stereocenters. The van der Waals surface area contributed by atoms with Gasteiger partial charge in [0.25, 0.3) is 5.69 Å². The van der Waals surface area contributed by atoms with Gasteiger partial charge in [0.2, 0.25) is 0 Å². The normalized spacial score (nSPS) is 10.6. The molecule has 0 bridgehead atoms. The average molecular weight is 424 g/mol. The number of nitrogens with zero attached hydrogens (tertiary/aromatic N) is 1. The minimum atomic E-state index is -0.649. The number of rotatable bonds is 5. The van der Waals surface area contributed by atoms with E-state index in [1.54, 1.807) is 11.3 Å². The van der Waals surface area contributed by atoms with E-state index in [1.165, 1.54) is 6.07 Å². The Labute approximate surface area is 135 Å². The van der Waals surface area contributed by atoms with Crippen molar-refractivity contribution in [3.8, 4) is 0 Å². The summed E-state index contributed by atoms with van der Waals surface area (Å²) in [5, 5.41) is 13.9. The molecule has 1 heterocycles. The SMILES string of the molecule is O=[N+]([O-])c1cc(F)c(Br)cc1NCCc1ccc(Br)s1. The van der Waals surface area contributed by atoms with Gasteiger partial charge in [-0.2, -0.15) is 0 Å². The maximum atomic E-state index is 13.3. The number of hydrogen-bond donors (Lipinski definition) is 1. The first-order valence-corrected chi connectivity index (χ1v) is 7.99. The Bertz CT molecular complexity index is 648. The number of nitrogens with one attached hydrogen (secondary N) is 1. The number of halogens is 3. The van der Waals surface area contributed by atoms with Crippen molar-refractivity contribution < 1.29 is 9.31 Å². The fraction of sp³-hybridized carbons (Fsp3) is 0.167. The summed E-state index contributed by atoms with van der Waals surface area (Å²) in [7, 11) is 0. The lowest BCUT2D eigenvalue weighted by Gasteiger charge is -2.07. The van der Waals surface area contributed by atoms with Gasteiger partial charge in [-0.1, -0.05) is 0 Å². The van der Waals surface area contributed by atoms with E-state index in [0.717, 1.165) is 21.2 Å². The predicted molar refractivity (Wildman–Crippen MR) is 85.0 cm³/mol. The molecule has 8 heteroatoms. The fourth-order valence-corrected chi connectivity index (χ4v) is 3.46. The Kier molecular flexibility index (Phi) is 5.11. The van der Waals surface area contributed by atoms with Crippen LogP contribution in [0, 0.1) is 15.9 Å². The molecule has 1 aromatic heterocycles. The zero-order valence-corrected chi connectivity index (χ0v) is 14.0. The van der Waals surface area contributed by atoms with Crippen molar-refractivity contribution in [1.29, 1.82) is 0 Å². The van der Waals surface area contributed by atoms with E-state index in [-0.39, 0.29) is 10.2 Å².